The molecule has 0 fully saturated rings. The Morgan fingerprint density at radius 1 is 1.28 bits per heavy atom. The summed E-state index contributed by atoms with van der Waals surface area (Å²) in [5, 5.41) is 12.2. The Morgan fingerprint density at radius 2 is 1.83 bits per heavy atom. The van der Waals surface area contributed by atoms with Crippen molar-refractivity contribution in [2.45, 2.75) is 32.0 Å². The molecule has 18 heavy (non-hydrogen) atoms. The van der Waals surface area contributed by atoms with Gasteiger partial charge in [0.25, 0.3) is 0 Å². The van der Waals surface area contributed by atoms with E-state index < -0.39 is 43.0 Å². The van der Waals surface area contributed by atoms with E-state index in [2.05, 4.69) is 5.32 Å². The fraction of sp³-hybridized carbons (Fsp3) is 0.667. The number of halogens is 3. The average molecular weight is 270 g/mol. The van der Waals surface area contributed by atoms with E-state index in [9.17, 15) is 27.6 Å². The van der Waals surface area contributed by atoms with E-state index in [1.165, 1.54) is 12.2 Å². The molecule has 0 bridgehead atoms. The van der Waals surface area contributed by atoms with Gasteiger partial charge in [0.2, 0.25) is 5.91 Å². The number of hydrogen-bond donors (Lipinski definition) is 3. The van der Waals surface area contributed by atoms with Crippen molar-refractivity contribution >= 4 is 17.8 Å². The molecule has 3 N–H and O–H groups in total. The Labute approximate surface area is 101 Å². The Bertz CT molecular complexity index is 330. The lowest BCUT2D eigenvalue weighted by molar-refractivity contribution is -0.173. The van der Waals surface area contributed by atoms with Gasteiger partial charge >= 0.3 is 18.1 Å². The van der Waals surface area contributed by atoms with Crippen molar-refractivity contribution in [3.8, 4) is 0 Å². The summed E-state index contributed by atoms with van der Waals surface area (Å²) in [6.45, 7) is 1.02. The maximum Gasteiger partial charge on any atom is 0.471 e. The van der Waals surface area contributed by atoms with Crippen molar-refractivity contribution < 1.29 is 32.7 Å². The molecule has 1 unspecified atom stereocenters. The molecule has 0 rings (SSSR count). The fourth-order valence-electron chi connectivity index (χ4n) is 0.995. The van der Waals surface area contributed by atoms with Crippen LogP contribution in [0.1, 0.15) is 19.8 Å². The molecule has 6 nitrogen and oxygen atoms in total. The molecule has 0 saturated heterocycles. The molecular formula is C9H13F3N2O4. The van der Waals surface area contributed by atoms with Gasteiger partial charge in [0.1, 0.15) is 6.04 Å². The zero-order valence-corrected chi connectivity index (χ0v) is 9.50. The first kappa shape index (κ1) is 16.2. The van der Waals surface area contributed by atoms with Crippen LogP contribution < -0.4 is 10.6 Å². The monoisotopic (exact) mass is 270 g/mol. The minimum absolute atomic E-state index is 0.149. The number of hydrogen-bond acceptors (Lipinski definition) is 3. The Kier molecular flexibility index (Phi) is 6.14. The highest BCUT2D eigenvalue weighted by molar-refractivity contribution is 5.85. The van der Waals surface area contributed by atoms with Crippen molar-refractivity contribution in [3.63, 3.8) is 0 Å². The van der Waals surface area contributed by atoms with E-state index in [-0.39, 0.29) is 6.42 Å². The van der Waals surface area contributed by atoms with Crippen LogP contribution in [0, 0.1) is 0 Å². The molecule has 0 aromatic rings. The number of amides is 2. The average Bonchev–Trinajstić information content (AvgIpc) is 2.23. The Hall–Kier alpha value is -1.80. The maximum absolute atomic E-state index is 11.8. The van der Waals surface area contributed by atoms with E-state index in [0.29, 0.717) is 0 Å². The number of carboxylic acids is 1. The van der Waals surface area contributed by atoms with Gasteiger partial charge in [0.05, 0.1) is 0 Å². The smallest absolute Gasteiger partial charge is 0.471 e. The third kappa shape index (κ3) is 6.06. The van der Waals surface area contributed by atoms with Crippen molar-refractivity contribution in [2.75, 3.05) is 6.54 Å². The van der Waals surface area contributed by atoms with Gasteiger partial charge in [-0.3, -0.25) is 9.59 Å². The van der Waals surface area contributed by atoms with Gasteiger partial charge in [0.15, 0.2) is 0 Å². The molecule has 0 radical (unpaired) electrons. The maximum atomic E-state index is 11.8. The number of rotatable bonds is 6. The number of carboxylic acid groups (broad SMARTS) is 1. The number of aliphatic carboxylic acids is 1. The zero-order valence-electron chi connectivity index (χ0n) is 9.50. The van der Waals surface area contributed by atoms with E-state index in [4.69, 9.17) is 5.11 Å². The first-order chi connectivity index (χ1) is 8.18. The third-order valence-electron chi connectivity index (χ3n) is 1.94. The van der Waals surface area contributed by atoms with Gasteiger partial charge in [-0.2, -0.15) is 13.2 Å². The predicted octanol–water partition coefficient (Wildman–Crippen LogP) is 0.0344. The van der Waals surface area contributed by atoms with Gasteiger partial charge in [-0.1, -0.05) is 6.92 Å². The lowest BCUT2D eigenvalue weighted by Gasteiger charge is -2.12. The summed E-state index contributed by atoms with van der Waals surface area (Å²) < 4.78 is 35.3. The normalized spacial score (nSPS) is 12.7. The number of nitrogens with one attached hydrogen (secondary N) is 2. The molecule has 0 saturated carbocycles. The quantitative estimate of drug-likeness (QED) is 0.634. The molecule has 0 aromatic heterocycles. The van der Waals surface area contributed by atoms with Gasteiger partial charge in [-0.15, -0.1) is 0 Å². The largest absolute Gasteiger partial charge is 0.480 e. The summed E-state index contributed by atoms with van der Waals surface area (Å²) in [7, 11) is 0. The van der Waals surface area contributed by atoms with Crippen LogP contribution in [0.5, 0.6) is 0 Å². The molecule has 0 aromatic carbocycles. The van der Waals surface area contributed by atoms with Crippen LogP contribution in [0.3, 0.4) is 0 Å². The van der Waals surface area contributed by atoms with Crippen LogP contribution in [-0.4, -0.2) is 41.7 Å². The predicted molar refractivity (Wildman–Crippen MR) is 53.5 cm³/mol. The second-order valence-electron chi connectivity index (χ2n) is 3.37. The number of carbonyl (C=O) groups excluding carboxylic acids is 2. The Morgan fingerprint density at radius 3 is 2.22 bits per heavy atom. The van der Waals surface area contributed by atoms with E-state index in [0.717, 1.165) is 0 Å². The summed E-state index contributed by atoms with van der Waals surface area (Å²) in [6, 6.07) is -1.09. The van der Waals surface area contributed by atoms with Crippen LogP contribution in [0.4, 0.5) is 13.2 Å². The minimum Gasteiger partial charge on any atom is -0.480 e. The molecule has 0 heterocycles. The second-order valence-corrected chi connectivity index (χ2v) is 3.37. The van der Waals surface area contributed by atoms with Gasteiger partial charge in [0, 0.05) is 13.0 Å². The Balaban J connectivity index is 3.98. The molecule has 0 spiro atoms. The molecule has 2 amide bonds. The van der Waals surface area contributed by atoms with E-state index in [1.807, 2.05) is 0 Å². The number of carbonyl (C=O) groups is 3. The molecule has 1 atom stereocenters. The molecular weight excluding hydrogens is 257 g/mol. The summed E-state index contributed by atoms with van der Waals surface area (Å²) >= 11 is 0. The summed E-state index contributed by atoms with van der Waals surface area (Å²) in [6.07, 6.45) is -5.27. The molecule has 0 aliphatic heterocycles. The van der Waals surface area contributed by atoms with Gasteiger partial charge in [-0.25, -0.2) is 4.79 Å². The zero-order chi connectivity index (χ0) is 14.3. The summed E-state index contributed by atoms with van der Waals surface area (Å²) in [5.41, 5.74) is 0. The van der Waals surface area contributed by atoms with Gasteiger partial charge < -0.3 is 15.7 Å². The van der Waals surface area contributed by atoms with Crippen LogP contribution in [0.2, 0.25) is 0 Å². The number of alkyl halides is 3. The van der Waals surface area contributed by atoms with E-state index >= 15 is 0 Å². The molecule has 9 heteroatoms. The summed E-state index contributed by atoms with van der Waals surface area (Å²) in [4.78, 5) is 32.1. The highest BCUT2D eigenvalue weighted by Gasteiger charge is 2.38. The standard InChI is InChI=1S/C9H13F3N2O4/c1-2-5(7(16)17)14-6(15)3-4-13-8(18)9(10,11)12/h5H,2-4H2,1H3,(H,13,18)(H,14,15)(H,16,17). The first-order valence-electron chi connectivity index (χ1n) is 5.05. The second kappa shape index (κ2) is 6.82. The van der Waals surface area contributed by atoms with Crippen LogP contribution >= 0.6 is 0 Å². The van der Waals surface area contributed by atoms with Gasteiger partial charge in [-0.05, 0) is 6.42 Å². The van der Waals surface area contributed by atoms with E-state index in [1.54, 1.807) is 0 Å². The van der Waals surface area contributed by atoms with Crippen molar-refractivity contribution in [1.82, 2.24) is 10.6 Å². The highest BCUT2D eigenvalue weighted by atomic mass is 19.4. The molecule has 0 aliphatic carbocycles. The summed E-state index contributed by atoms with van der Waals surface area (Å²) in [5.74, 6) is -4.11. The lowest BCUT2D eigenvalue weighted by Crippen LogP contribution is -2.43. The molecule has 0 aliphatic rings. The topological polar surface area (TPSA) is 95.5 Å². The van der Waals surface area contributed by atoms with Crippen molar-refractivity contribution in [2.24, 2.45) is 0 Å². The third-order valence-corrected chi connectivity index (χ3v) is 1.94. The minimum atomic E-state index is -5.00. The van der Waals surface area contributed by atoms with Crippen molar-refractivity contribution in [1.29, 1.82) is 0 Å². The lowest BCUT2D eigenvalue weighted by atomic mass is 10.2. The van der Waals surface area contributed by atoms with Crippen molar-refractivity contribution in [3.05, 3.63) is 0 Å². The fourth-order valence-corrected chi connectivity index (χ4v) is 0.995. The molecule has 104 valence electrons. The SMILES string of the molecule is CCC(NC(=O)CCNC(=O)C(F)(F)F)C(=O)O. The first-order valence-corrected chi connectivity index (χ1v) is 5.05. The van der Waals surface area contributed by atoms with Crippen LogP contribution in [-0.2, 0) is 14.4 Å². The van der Waals surface area contributed by atoms with Crippen LogP contribution in [0.15, 0.2) is 0 Å². The highest BCUT2D eigenvalue weighted by Crippen LogP contribution is 2.13. The van der Waals surface area contributed by atoms with Crippen LogP contribution in [0.25, 0.3) is 0 Å².